The van der Waals surface area contributed by atoms with Crippen LogP contribution in [0.1, 0.15) is 0 Å². The first-order valence-electron chi connectivity index (χ1n) is 5.25. The van der Waals surface area contributed by atoms with Gasteiger partial charge < -0.3 is 5.73 Å². The molecule has 84 valence electrons. The maximum Gasteiger partial charge on any atom is 0.123 e. The molecule has 0 bridgehead atoms. The molecule has 3 rings (SSSR count). The van der Waals surface area contributed by atoms with E-state index in [9.17, 15) is 0 Å². The molecule has 0 saturated carbocycles. The molecule has 2 N–H and O–H groups in total. The van der Waals surface area contributed by atoms with Gasteiger partial charge in [-0.1, -0.05) is 0 Å². The molecule has 0 saturated heterocycles. The summed E-state index contributed by atoms with van der Waals surface area (Å²) < 4.78 is 1.81. The van der Waals surface area contributed by atoms with Crippen LogP contribution in [0.3, 0.4) is 0 Å². The zero-order chi connectivity index (χ0) is 11.8. The molecule has 0 spiro atoms. The predicted molar refractivity (Wildman–Crippen MR) is 66.2 cm³/mol. The number of rotatable bonds is 1. The topological polar surface area (TPSA) is 69.6 Å². The van der Waals surface area contributed by atoms with Gasteiger partial charge in [0.2, 0.25) is 0 Å². The number of hydrogen-bond donors (Lipinski definition) is 1. The van der Waals surface area contributed by atoms with Crippen molar-refractivity contribution in [1.29, 1.82) is 0 Å². The summed E-state index contributed by atoms with van der Waals surface area (Å²) >= 11 is 0. The summed E-state index contributed by atoms with van der Waals surface area (Å²) in [6, 6.07) is 7.57. The van der Waals surface area contributed by atoms with Crippen LogP contribution >= 0.6 is 0 Å². The Morgan fingerprint density at radius 1 is 1.18 bits per heavy atom. The summed E-state index contributed by atoms with van der Waals surface area (Å²) in [6.07, 6.45) is 3.44. The maximum atomic E-state index is 5.68. The molecule has 0 aliphatic rings. The summed E-state index contributed by atoms with van der Waals surface area (Å²) in [5, 5.41) is 4.47. The largest absolute Gasteiger partial charge is 0.384 e. The van der Waals surface area contributed by atoms with Gasteiger partial charge in [-0.3, -0.25) is 9.67 Å². The fourth-order valence-electron chi connectivity index (χ4n) is 1.88. The van der Waals surface area contributed by atoms with Gasteiger partial charge in [0.15, 0.2) is 0 Å². The molecule has 0 radical (unpaired) electrons. The molecule has 0 aliphatic carbocycles. The SMILES string of the molecule is Cn1nc(-c2ccnc(N)c2)c2ncccc21. The fourth-order valence-corrected chi connectivity index (χ4v) is 1.88. The van der Waals surface area contributed by atoms with Crippen LogP contribution in [-0.4, -0.2) is 19.7 Å². The van der Waals surface area contributed by atoms with Crippen molar-refractivity contribution in [2.75, 3.05) is 5.73 Å². The zero-order valence-corrected chi connectivity index (χ0v) is 9.33. The third-order valence-electron chi connectivity index (χ3n) is 2.66. The van der Waals surface area contributed by atoms with Gasteiger partial charge in [-0.2, -0.15) is 5.10 Å². The number of fused-ring (bicyclic) bond motifs is 1. The molecule has 3 aromatic heterocycles. The maximum absolute atomic E-state index is 5.68. The Balaban J connectivity index is 2.31. The lowest BCUT2D eigenvalue weighted by molar-refractivity contribution is 0.800. The second-order valence-corrected chi connectivity index (χ2v) is 3.81. The highest BCUT2D eigenvalue weighted by Gasteiger charge is 2.11. The summed E-state index contributed by atoms with van der Waals surface area (Å²) in [5.41, 5.74) is 9.32. The van der Waals surface area contributed by atoms with E-state index in [4.69, 9.17) is 5.73 Å². The van der Waals surface area contributed by atoms with E-state index in [0.717, 1.165) is 22.3 Å². The Bertz CT molecular complexity index is 686. The van der Waals surface area contributed by atoms with Crippen molar-refractivity contribution in [2.45, 2.75) is 0 Å². The number of pyridine rings is 2. The standard InChI is InChI=1S/C12H11N5/c1-17-9-3-2-5-15-12(9)11(16-17)8-4-6-14-10(13)7-8/h2-7H,1H3,(H2,13,14). The monoisotopic (exact) mass is 225 g/mol. The fraction of sp³-hybridized carbons (Fsp3) is 0.0833. The van der Waals surface area contributed by atoms with Gasteiger partial charge in [0.05, 0.1) is 5.52 Å². The van der Waals surface area contributed by atoms with E-state index in [1.807, 2.05) is 29.9 Å². The molecular weight excluding hydrogens is 214 g/mol. The number of nitrogens with zero attached hydrogens (tertiary/aromatic N) is 4. The second-order valence-electron chi connectivity index (χ2n) is 3.81. The average Bonchev–Trinajstić information content (AvgIpc) is 2.68. The van der Waals surface area contributed by atoms with E-state index in [2.05, 4.69) is 15.1 Å². The lowest BCUT2D eigenvalue weighted by Gasteiger charge is -1.97. The van der Waals surface area contributed by atoms with Gasteiger partial charge in [-0.25, -0.2) is 4.98 Å². The van der Waals surface area contributed by atoms with Crippen LogP contribution in [0, 0.1) is 0 Å². The molecule has 3 heterocycles. The van der Waals surface area contributed by atoms with Crippen LogP contribution in [0.15, 0.2) is 36.7 Å². The molecule has 17 heavy (non-hydrogen) atoms. The number of aryl methyl sites for hydroxylation is 1. The number of hydrogen-bond acceptors (Lipinski definition) is 4. The Morgan fingerprint density at radius 2 is 2.06 bits per heavy atom. The van der Waals surface area contributed by atoms with Gasteiger partial charge in [-0.15, -0.1) is 0 Å². The van der Waals surface area contributed by atoms with Crippen LogP contribution in [-0.2, 0) is 7.05 Å². The van der Waals surface area contributed by atoms with E-state index in [1.165, 1.54) is 0 Å². The lowest BCUT2D eigenvalue weighted by Crippen LogP contribution is -1.91. The van der Waals surface area contributed by atoms with Crippen LogP contribution < -0.4 is 5.73 Å². The first kappa shape index (κ1) is 9.77. The van der Waals surface area contributed by atoms with Crippen molar-refractivity contribution in [2.24, 2.45) is 7.05 Å². The van der Waals surface area contributed by atoms with Crippen molar-refractivity contribution in [3.63, 3.8) is 0 Å². The number of anilines is 1. The average molecular weight is 225 g/mol. The highest BCUT2D eigenvalue weighted by molar-refractivity contribution is 5.90. The van der Waals surface area contributed by atoms with Gasteiger partial charge in [0.1, 0.15) is 17.0 Å². The van der Waals surface area contributed by atoms with E-state index in [0.29, 0.717) is 5.82 Å². The summed E-state index contributed by atoms with van der Waals surface area (Å²) in [6.45, 7) is 0. The molecule has 0 atom stereocenters. The van der Waals surface area contributed by atoms with Crippen molar-refractivity contribution in [1.82, 2.24) is 19.7 Å². The number of nitrogen functional groups attached to an aromatic ring is 1. The molecule has 3 aromatic rings. The Kier molecular flexibility index (Phi) is 2.04. The Hall–Kier alpha value is -2.43. The van der Waals surface area contributed by atoms with Crippen LogP contribution in [0.25, 0.3) is 22.3 Å². The first-order valence-corrected chi connectivity index (χ1v) is 5.25. The smallest absolute Gasteiger partial charge is 0.123 e. The third-order valence-corrected chi connectivity index (χ3v) is 2.66. The van der Waals surface area contributed by atoms with Gasteiger partial charge in [0.25, 0.3) is 0 Å². The van der Waals surface area contributed by atoms with Crippen molar-refractivity contribution >= 4 is 16.9 Å². The van der Waals surface area contributed by atoms with E-state index < -0.39 is 0 Å². The van der Waals surface area contributed by atoms with Gasteiger partial charge in [-0.05, 0) is 24.3 Å². The number of nitrogens with two attached hydrogens (primary N) is 1. The molecular formula is C12H11N5. The summed E-state index contributed by atoms with van der Waals surface area (Å²) in [7, 11) is 1.90. The molecule has 5 heteroatoms. The first-order chi connectivity index (χ1) is 8.25. The van der Waals surface area contributed by atoms with Crippen LogP contribution in [0.4, 0.5) is 5.82 Å². The van der Waals surface area contributed by atoms with Crippen molar-refractivity contribution in [3.8, 4) is 11.3 Å². The lowest BCUT2D eigenvalue weighted by atomic mass is 10.1. The van der Waals surface area contributed by atoms with Crippen LogP contribution in [0.5, 0.6) is 0 Å². The quantitative estimate of drug-likeness (QED) is 0.683. The third kappa shape index (κ3) is 1.52. The molecule has 0 aliphatic heterocycles. The van der Waals surface area contributed by atoms with Crippen molar-refractivity contribution < 1.29 is 0 Å². The van der Waals surface area contributed by atoms with E-state index >= 15 is 0 Å². The Morgan fingerprint density at radius 3 is 2.88 bits per heavy atom. The minimum Gasteiger partial charge on any atom is -0.384 e. The van der Waals surface area contributed by atoms with Gasteiger partial charge in [0, 0.05) is 25.0 Å². The second kappa shape index (κ2) is 3.55. The predicted octanol–water partition coefficient (Wildman–Crippen LogP) is 1.61. The van der Waals surface area contributed by atoms with Crippen LogP contribution in [0.2, 0.25) is 0 Å². The molecule has 0 fully saturated rings. The summed E-state index contributed by atoms with van der Waals surface area (Å²) in [5.74, 6) is 0.484. The molecule has 0 unspecified atom stereocenters. The summed E-state index contributed by atoms with van der Waals surface area (Å²) in [4.78, 5) is 8.34. The Labute approximate surface area is 97.9 Å². The van der Waals surface area contributed by atoms with E-state index in [1.54, 1.807) is 18.5 Å². The van der Waals surface area contributed by atoms with E-state index in [-0.39, 0.29) is 0 Å². The highest BCUT2D eigenvalue weighted by Crippen LogP contribution is 2.25. The van der Waals surface area contributed by atoms with Crippen molar-refractivity contribution in [3.05, 3.63) is 36.7 Å². The zero-order valence-electron chi connectivity index (χ0n) is 9.33. The molecule has 0 aromatic carbocycles. The van der Waals surface area contributed by atoms with Gasteiger partial charge >= 0.3 is 0 Å². The minimum atomic E-state index is 0.484. The normalized spacial score (nSPS) is 10.9. The molecule has 5 nitrogen and oxygen atoms in total. The number of aromatic nitrogens is 4. The minimum absolute atomic E-state index is 0.484. The molecule has 0 amide bonds. The highest BCUT2D eigenvalue weighted by atomic mass is 15.3.